The molecule has 0 aromatic heterocycles. The molecule has 2 rings (SSSR count). The van der Waals surface area contributed by atoms with Crippen molar-refractivity contribution in [2.45, 2.75) is 6.92 Å². The molecule has 0 heterocycles. The van der Waals surface area contributed by atoms with Gasteiger partial charge in [0, 0.05) is 11.8 Å². The fourth-order valence-electron chi connectivity index (χ4n) is 1.85. The zero-order valence-electron chi connectivity index (χ0n) is 12.0. The summed E-state index contributed by atoms with van der Waals surface area (Å²) in [5.74, 6) is -0.458. The molecule has 6 heteroatoms. The lowest BCUT2D eigenvalue weighted by Crippen LogP contribution is -2.21. The molecule has 0 fully saturated rings. The first-order chi connectivity index (χ1) is 10.6. The highest BCUT2D eigenvalue weighted by Crippen LogP contribution is 2.18. The van der Waals surface area contributed by atoms with E-state index in [-0.39, 0.29) is 17.9 Å². The van der Waals surface area contributed by atoms with E-state index in [0.29, 0.717) is 11.4 Å². The molecule has 0 atom stereocenters. The van der Waals surface area contributed by atoms with Gasteiger partial charge in [-0.3, -0.25) is 0 Å². The zero-order chi connectivity index (χ0) is 15.9. The third kappa shape index (κ3) is 3.99. The summed E-state index contributed by atoms with van der Waals surface area (Å²) in [6, 6.07) is 12.2. The summed E-state index contributed by atoms with van der Waals surface area (Å²) in [6.07, 6.45) is 0. The lowest BCUT2D eigenvalue weighted by molar-refractivity contribution is 0.0527. The number of para-hydroxylation sites is 1. The molecular weight excluding hydrogens is 284 g/mol. The predicted octanol–water partition coefficient (Wildman–Crippen LogP) is 3.21. The summed E-state index contributed by atoms with van der Waals surface area (Å²) in [5, 5.41) is 14.5. The van der Waals surface area contributed by atoms with Crippen molar-refractivity contribution in [1.29, 1.82) is 0 Å². The standard InChI is InChI=1S/C16H16N2O4/c1-2-22-15(20)13-8-3-4-9-14(13)18-16(21)17-11-6-5-7-12(19)10-11/h3-10,19H,2H2,1H3,(H2,17,18,21). The summed E-state index contributed by atoms with van der Waals surface area (Å²) < 4.78 is 4.94. The van der Waals surface area contributed by atoms with Crippen LogP contribution in [0.5, 0.6) is 5.75 Å². The summed E-state index contributed by atoms with van der Waals surface area (Å²) in [4.78, 5) is 23.8. The number of hydrogen-bond donors (Lipinski definition) is 3. The highest BCUT2D eigenvalue weighted by atomic mass is 16.5. The predicted molar refractivity (Wildman–Crippen MR) is 83.1 cm³/mol. The molecule has 0 aliphatic heterocycles. The van der Waals surface area contributed by atoms with Crippen molar-refractivity contribution < 1.29 is 19.4 Å². The van der Waals surface area contributed by atoms with Gasteiger partial charge in [-0.25, -0.2) is 9.59 Å². The molecule has 2 aromatic carbocycles. The van der Waals surface area contributed by atoms with Gasteiger partial charge in [-0.15, -0.1) is 0 Å². The van der Waals surface area contributed by atoms with Crippen molar-refractivity contribution >= 4 is 23.4 Å². The summed E-state index contributed by atoms with van der Waals surface area (Å²) in [7, 11) is 0. The van der Waals surface area contributed by atoms with Crippen LogP contribution in [-0.2, 0) is 4.74 Å². The van der Waals surface area contributed by atoms with Gasteiger partial charge in [-0.1, -0.05) is 18.2 Å². The van der Waals surface area contributed by atoms with E-state index in [4.69, 9.17) is 4.74 Å². The third-order valence-electron chi connectivity index (χ3n) is 2.77. The average molecular weight is 300 g/mol. The van der Waals surface area contributed by atoms with E-state index < -0.39 is 12.0 Å². The van der Waals surface area contributed by atoms with Crippen LogP contribution >= 0.6 is 0 Å². The monoisotopic (exact) mass is 300 g/mol. The van der Waals surface area contributed by atoms with E-state index in [9.17, 15) is 14.7 Å². The van der Waals surface area contributed by atoms with Crippen molar-refractivity contribution in [2.24, 2.45) is 0 Å². The molecule has 2 aromatic rings. The van der Waals surface area contributed by atoms with E-state index >= 15 is 0 Å². The van der Waals surface area contributed by atoms with E-state index in [1.54, 1.807) is 43.3 Å². The summed E-state index contributed by atoms with van der Waals surface area (Å²) in [5.41, 5.74) is 1.06. The van der Waals surface area contributed by atoms with Gasteiger partial charge in [-0.05, 0) is 31.2 Å². The van der Waals surface area contributed by atoms with Crippen LogP contribution in [0, 0.1) is 0 Å². The van der Waals surface area contributed by atoms with E-state index in [2.05, 4.69) is 10.6 Å². The maximum absolute atomic E-state index is 12.0. The molecule has 0 bridgehead atoms. The number of nitrogens with one attached hydrogen (secondary N) is 2. The molecule has 0 aliphatic rings. The SMILES string of the molecule is CCOC(=O)c1ccccc1NC(=O)Nc1cccc(O)c1. The van der Waals surface area contributed by atoms with Gasteiger partial charge in [0.25, 0.3) is 0 Å². The Labute approximate surface area is 127 Å². The number of amides is 2. The van der Waals surface area contributed by atoms with E-state index in [1.165, 1.54) is 12.1 Å². The first-order valence-corrected chi connectivity index (χ1v) is 6.73. The quantitative estimate of drug-likeness (QED) is 0.757. The van der Waals surface area contributed by atoms with Gasteiger partial charge in [0.1, 0.15) is 5.75 Å². The Balaban J connectivity index is 2.10. The Morgan fingerprint density at radius 3 is 2.59 bits per heavy atom. The maximum atomic E-state index is 12.0. The molecule has 0 radical (unpaired) electrons. The van der Waals surface area contributed by atoms with Crippen LogP contribution in [0.3, 0.4) is 0 Å². The van der Waals surface area contributed by atoms with E-state index in [0.717, 1.165) is 0 Å². The molecule has 3 N–H and O–H groups in total. The molecule has 0 aliphatic carbocycles. The van der Waals surface area contributed by atoms with Crippen molar-refractivity contribution in [3.8, 4) is 5.75 Å². The van der Waals surface area contributed by atoms with Crippen molar-refractivity contribution in [3.05, 3.63) is 54.1 Å². The van der Waals surface area contributed by atoms with Crippen molar-refractivity contribution in [2.75, 3.05) is 17.2 Å². The highest BCUT2D eigenvalue weighted by Gasteiger charge is 2.13. The molecular formula is C16H16N2O4. The number of benzene rings is 2. The Kier molecular flexibility index (Phi) is 4.98. The Morgan fingerprint density at radius 2 is 1.86 bits per heavy atom. The number of phenolic OH excluding ortho intramolecular Hbond substituents is 1. The normalized spacial score (nSPS) is 9.86. The van der Waals surface area contributed by atoms with Gasteiger partial charge in [0.05, 0.1) is 17.9 Å². The van der Waals surface area contributed by atoms with Crippen LogP contribution in [0.15, 0.2) is 48.5 Å². The van der Waals surface area contributed by atoms with Gasteiger partial charge >= 0.3 is 12.0 Å². The summed E-state index contributed by atoms with van der Waals surface area (Å²) >= 11 is 0. The van der Waals surface area contributed by atoms with Gasteiger partial charge in [0.2, 0.25) is 0 Å². The van der Waals surface area contributed by atoms with Crippen LogP contribution in [-0.4, -0.2) is 23.7 Å². The number of phenols is 1. The second kappa shape index (κ2) is 7.12. The van der Waals surface area contributed by atoms with Crippen LogP contribution in [0.1, 0.15) is 17.3 Å². The molecule has 6 nitrogen and oxygen atoms in total. The zero-order valence-corrected chi connectivity index (χ0v) is 12.0. The van der Waals surface area contributed by atoms with E-state index in [1.807, 2.05) is 0 Å². The molecule has 0 spiro atoms. The minimum absolute atomic E-state index is 0.0460. The fraction of sp³-hybridized carbons (Fsp3) is 0.125. The van der Waals surface area contributed by atoms with Crippen molar-refractivity contribution in [1.82, 2.24) is 0 Å². The highest BCUT2D eigenvalue weighted by molar-refractivity contribution is 6.05. The Hall–Kier alpha value is -3.02. The number of rotatable bonds is 4. The first-order valence-electron chi connectivity index (χ1n) is 6.73. The van der Waals surface area contributed by atoms with Crippen LogP contribution in [0.2, 0.25) is 0 Å². The Morgan fingerprint density at radius 1 is 1.09 bits per heavy atom. The molecule has 0 unspecified atom stereocenters. The number of ether oxygens (including phenoxy) is 1. The number of anilines is 2. The molecule has 0 saturated heterocycles. The maximum Gasteiger partial charge on any atom is 0.340 e. The number of carbonyl (C=O) groups excluding carboxylic acids is 2. The molecule has 22 heavy (non-hydrogen) atoms. The largest absolute Gasteiger partial charge is 0.508 e. The lowest BCUT2D eigenvalue weighted by atomic mass is 10.2. The van der Waals surface area contributed by atoms with Crippen molar-refractivity contribution in [3.63, 3.8) is 0 Å². The second-order valence-electron chi connectivity index (χ2n) is 4.40. The number of aromatic hydroxyl groups is 1. The fourth-order valence-corrected chi connectivity index (χ4v) is 1.85. The topological polar surface area (TPSA) is 87.7 Å². The Bertz CT molecular complexity index is 685. The number of hydrogen-bond acceptors (Lipinski definition) is 4. The second-order valence-corrected chi connectivity index (χ2v) is 4.40. The van der Waals surface area contributed by atoms with Crippen LogP contribution in [0.25, 0.3) is 0 Å². The van der Waals surface area contributed by atoms with Crippen LogP contribution in [0.4, 0.5) is 16.2 Å². The number of carbonyl (C=O) groups is 2. The minimum Gasteiger partial charge on any atom is -0.508 e. The van der Waals surface area contributed by atoms with Gasteiger partial charge in [-0.2, -0.15) is 0 Å². The van der Waals surface area contributed by atoms with Gasteiger partial charge in [0.15, 0.2) is 0 Å². The third-order valence-corrected chi connectivity index (χ3v) is 2.77. The minimum atomic E-state index is -0.526. The number of urea groups is 1. The van der Waals surface area contributed by atoms with Crippen LogP contribution < -0.4 is 10.6 Å². The molecule has 0 saturated carbocycles. The van der Waals surface area contributed by atoms with Gasteiger partial charge < -0.3 is 20.5 Å². The first kappa shape index (κ1) is 15.4. The number of esters is 1. The summed E-state index contributed by atoms with van der Waals surface area (Å²) in [6.45, 7) is 1.96. The average Bonchev–Trinajstić information content (AvgIpc) is 2.48. The molecule has 114 valence electrons. The lowest BCUT2D eigenvalue weighted by Gasteiger charge is -2.11. The molecule has 2 amide bonds. The smallest absolute Gasteiger partial charge is 0.340 e.